The fourth-order valence-corrected chi connectivity index (χ4v) is 3.08. The van der Waals surface area contributed by atoms with Gasteiger partial charge in [0, 0.05) is 56.2 Å². The third-order valence-corrected chi connectivity index (χ3v) is 4.47. The van der Waals surface area contributed by atoms with Crippen LogP contribution in [0.3, 0.4) is 0 Å². The Balaban J connectivity index is 1.53. The Morgan fingerprint density at radius 1 is 1.26 bits per heavy atom. The number of imidazole rings is 1. The maximum Gasteiger partial charge on any atom is 0.319 e. The standard InChI is InChI=1S/C19H23N5O3/c1-13(12-24-10-3-4-16(24)25)21-19(27)22-15-7-5-14(6-8-15)17(26)18-20-9-11-23(18)2/h5-9,11,13H,3-4,10,12H2,1-2H3,(H2,21,22,27). The van der Waals surface area contributed by atoms with Gasteiger partial charge in [0.25, 0.3) is 0 Å². The highest BCUT2D eigenvalue weighted by molar-refractivity contribution is 6.07. The zero-order valence-corrected chi connectivity index (χ0v) is 15.4. The van der Waals surface area contributed by atoms with Crippen LogP contribution in [0.5, 0.6) is 0 Å². The summed E-state index contributed by atoms with van der Waals surface area (Å²) in [6.07, 6.45) is 4.75. The summed E-state index contributed by atoms with van der Waals surface area (Å²) in [6, 6.07) is 6.14. The smallest absolute Gasteiger partial charge is 0.319 e. The van der Waals surface area contributed by atoms with Gasteiger partial charge in [0.15, 0.2) is 5.82 Å². The Morgan fingerprint density at radius 2 is 2.00 bits per heavy atom. The van der Waals surface area contributed by atoms with Crippen LogP contribution in [0, 0.1) is 0 Å². The van der Waals surface area contributed by atoms with Gasteiger partial charge in [-0.2, -0.15) is 0 Å². The second-order valence-corrected chi connectivity index (χ2v) is 6.71. The predicted octanol–water partition coefficient (Wildman–Crippen LogP) is 1.78. The van der Waals surface area contributed by atoms with Gasteiger partial charge in [-0.15, -0.1) is 0 Å². The number of hydrogen-bond donors (Lipinski definition) is 2. The van der Waals surface area contributed by atoms with Gasteiger partial charge in [-0.05, 0) is 37.6 Å². The Kier molecular flexibility index (Phi) is 5.54. The maximum absolute atomic E-state index is 12.4. The molecule has 2 N–H and O–H groups in total. The largest absolute Gasteiger partial charge is 0.341 e. The lowest BCUT2D eigenvalue weighted by molar-refractivity contribution is -0.127. The molecular formula is C19H23N5O3. The summed E-state index contributed by atoms with van der Waals surface area (Å²) in [7, 11) is 1.76. The molecule has 0 spiro atoms. The topological polar surface area (TPSA) is 96.3 Å². The fourth-order valence-electron chi connectivity index (χ4n) is 3.08. The SMILES string of the molecule is CC(CN1CCCC1=O)NC(=O)Nc1ccc(C(=O)c2nccn2C)cc1. The van der Waals surface area contributed by atoms with Gasteiger partial charge < -0.3 is 20.1 Å². The minimum atomic E-state index is -0.350. The first-order chi connectivity index (χ1) is 12.9. The van der Waals surface area contributed by atoms with Crippen LogP contribution in [0.1, 0.15) is 35.9 Å². The van der Waals surface area contributed by atoms with Crippen LogP contribution in [0.25, 0.3) is 0 Å². The summed E-state index contributed by atoms with van der Waals surface area (Å²) in [5.41, 5.74) is 1.07. The zero-order valence-electron chi connectivity index (χ0n) is 15.4. The highest BCUT2D eigenvalue weighted by Crippen LogP contribution is 2.13. The molecule has 1 aliphatic rings. The molecule has 0 radical (unpaired) electrons. The summed E-state index contributed by atoms with van der Waals surface area (Å²) in [5, 5.41) is 5.55. The monoisotopic (exact) mass is 369 g/mol. The van der Waals surface area contributed by atoms with E-state index in [1.165, 1.54) is 0 Å². The van der Waals surface area contributed by atoms with E-state index < -0.39 is 0 Å². The summed E-state index contributed by atoms with van der Waals surface area (Å²) >= 11 is 0. The number of carbonyl (C=O) groups excluding carboxylic acids is 3. The molecule has 8 nitrogen and oxygen atoms in total. The lowest BCUT2D eigenvalue weighted by Gasteiger charge is -2.21. The number of benzene rings is 1. The van der Waals surface area contributed by atoms with Crippen molar-refractivity contribution < 1.29 is 14.4 Å². The average Bonchev–Trinajstić information content (AvgIpc) is 3.23. The number of aromatic nitrogens is 2. The first-order valence-electron chi connectivity index (χ1n) is 8.91. The van der Waals surface area contributed by atoms with Crippen LogP contribution in [0.4, 0.5) is 10.5 Å². The summed E-state index contributed by atoms with van der Waals surface area (Å²) in [4.78, 5) is 42.0. The molecule has 3 amide bonds. The quantitative estimate of drug-likeness (QED) is 0.759. The predicted molar refractivity (Wildman–Crippen MR) is 101 cm³/mol. The molecule has 1 unspecified atom stereocenters. The molecule has 2 aromatic rings. The fraction of sp³-hybridized carbons (Fsp3) is 0.368. The molecule has 0 bridgehead atoms. The van der Waals surface area contributed by atoms with Crippen molar-refractivity contribution in [2.45, 2.75) is 25.8 Å². The molecule has 27 heavy (non-hydrogen) atoms. The van der Waals surface area contributed by atoms with Crippen LogP contribution < -0.4 is 10.6 Å². The Morgan fingerprint density at radius 3 is 2.59 bits per heavy atom. The summed E-state index contributed by atoms with van der Waals surface area (Å²) < 4.78 is 1.66. The second kappa shape index (κ2) is 8.03. The number of anilines is 1. The lowest BCUT2D eigenvalue weighted by atomic mass is 10.1. The molecule has 1 saturated heterocycles. The van der Waals surface area contributed by atoms with E-state index in [1.54, 1.807) is 53.2 Å². The van der Waals surface area contributed by atoms with Gasteiger partial charge in [-0.25, -0.2) is 9.78 Å². The molecule has 2 heterocycles. The highest BCUT2D eigenvalue weighted by Gasteiger charge is 2.22. The van der Waals surface area contributed by atoms with Crippen LogP contribution in [-0.4, -0.2) is 51.3 Å². The molecule has 1 atom stereocenters. The number of rotatable bonds is 6. The molecular weight excluding hydrogens is 346 g/mol. The summed E-state index contributed by atoms with van der Waals surface area (Å²) in [6.45, 7) is 3.11. The first kappa shape index (κ1) is 18.6. The number of hydrogen-bond acceptors (Lipinski definition) is 4. The van der Waals surface area contributed by atoms with Crippen molar-refractivity contribution in [3.63, 3.8) is 0 Å². The van der Waals surface area contributed by atoms with Crippen molar-refractivity contribution >= 4 is 23.4 Å². The Hall–Kier alpha value is -3.16. The molecule has 3 rings (SSSR count). The Labute approximate surface area is 157 Å². The van der Waals surface area contributed by atoms with E-state index in [-0.39, 0.29) is 23.8 Å². The van der Waals surface area contributed by atoms with E-state index in [1.807, 2.05) is 6.92 Å². The van der Waals surface area contributed by atoms with Gasteiger partial charge in [0.1, 0.15) is 0 Å². The minimum Gasteiger partial charge on any atom is -0.341 e. The summed E-state index contributed by atoms with van der Waals surface area (Å²) in [5.74, 6) is 0.318. The number of carbonyl (C=O) groups is 3. The normalized spacial score (nSPS) is 14.9. The highest BCUT2D eigenvalue weighted by atomic mass is 16.2. The van der Waals surface area contributed by atoms with E-state index in [0.29, 0.717) is 30.0 Å². The number of aryl methyl sites for hydroxylation is 1. The van der Waals surface area contributed by atoms with Crippen LogP contribution in [-0.2, 0) is 11.8 Å². The van der Waals surface area contributed by atoms with E-state index in [4.69, 9.17) is 0 Å². The van der Waals surface area contributed by atoms with Crippen molar-refractivity contribution in [1.29, 1.82) is 0 Å². The first-order valence-corrected chi connectivity index (χ1v) is 8.91. The average molecular weight is 369 g/mol. The molecule has 142 valence electrons. The minimum absolute atomic E-state index is 0.136. The number of urea groups is 1. The number of nitrogens with one attached hydrogen (secondary N) is 2. The Bertz CT molecular complexity index is 843. The van der Waals surface area contributed by atoms with E-state index in [0.717, 1.165) is 13.0 Å². The number of amides is 3. The van der Waals surface area contributed by atoms with Crippen LogP contribution in [0.2, 0.25) is 0 Å². The van der Waals surface area contributed by atoms with Gasteiger partial charge >= 0.3 is 6.03 Å². The van der Waals surface area contributed by atoms with E-state index in [2.05, 4.69) is 15.6 Å². The van der Waals surface area contributed by atoms with E-state index in [9.17, 15) is 14.4 Å². The molecule has 1 aromatic heterocycles. The molecule has 8 heteroatoms. The number of nitrogens with zero attached hydrogens (tertiary/aromatic N) is 3. The molecule has 0 aliphatic carbocycles. The molecule has 1 aliphatic heterocycles. The van der Waals surface area contributed by atoms with Gasteiger partial charge in [0.2, 0.25) is 11.7 Å². The second-order valence-electron chi connectivity index (χ2n) is 6.71. The molecule has 0 saturated carbocycles. The van der Waals surface area contributed by atoms with Gasteiger partial charge in [-0.3, -0.25) is 9.59 Å². The van der Waals surface area contributed by atoms with Crippen molar-refractivity contribution in [2.75, 3.05) is 18.4 Å². The van der Waals surface area contributed by atoms with Gasteiger partial charge in [-0.1, -0.05) is 0 Å². The van der Waals surface area contributed by atoms with Crippen LogP contribution in [0.15, 0.2) is 36.7 Å². The third-order valence-electron chi connectivity index (χ3n) is 4.47. The van der Waals surface area contributed by atoms with Gasteiger partial charge in [0.05, 0.1) is 0 Å². The third kappa shape index (κ3) is 4.52. The zero-order chi connectivity index (χ0) is 19.4. The van der Waals surface area contributed by atoms with E-state index >= 15 is 0 Å². The maximum atomic E-state index is 12.4. The van der Waals surface area contributed by atoms with Crippen molar-refractivity contribution in [3.8, 4) is 0 Å². The van der Waals surface area contributed by atoms with Crippen molar-refractivity contribution in [3.05, 3.63) is 48.0 Å². The van der Waals surface area contributed by atoms with Crippen LogP contribution >= 0.6 is 0 Å². The van der Waals surface area contributed by atoms with Crippen molar-refractivity contribution in [2.24, 2.45) is 7.05 Å². The molecule has 1 aromatic carbocycles. The number of likely N-dealkylation sites (tertiary alicyclic amines) is 1. The number of ketones is 1. The van der Waals surface area contributed by atoms with Crippen molar-refractivity contribution in [1.82, 2.24) is 19.8 Å². The lowest BCUT2D eigenvalue weighted by Crippen LogP contribution is -2.44. The molecule has 1 fully saturated rings.